The van der Waals surface area contributed by atoms with Gasteiger partial charge in [-0.3, -0.25) is 4.79 Å². The highest BCUT2D eigenvalue weighted by molar-refractivity contribution is 6.02. The zero-order valence-corrected chi connectivity index (χ0v) is 25.4. The van der Waals surface area contributed by atoms with Crippen LogP contribution < -0.4 is 14.8 Å². The predicted molar refractivity (Wildman–Crippen MR) is 177 cm³/mol. The number of aryl methyl sites for hydroxylation is 1. The average Bonchev–Trinajstić information content (AvgIpc) is 3.69. The molecule has 0 fully saturated rings. The van der Waals surface area contributed by atoms with Crippen LogP contribution in [0, 0.1) is 5.82 Å². The number of ether oxygens (including phenoxy) is 2. The second-order valence-electron chi connectivity index (χ2n) is 11.6. The van der Waals surface area contributed by atoms with Gasteiger partial charge in [-0.15, -0.1) is 0 Å². The Morgan fingerprint density at radius 3 is 2.63 bits per heavy atom. The van der Waals surface area contributed by atoms with Crippen LogP contribution in [0.15, 0.2) is 103 Å². The van der Waals surface area contributed by atoms with Crippen molar-refractivity contribution in [2.45, 2.75) is 32.0 Å². The van der Waals surface area contributed by atoms with Gasteiger partial charge in [-0.05, 0) is 65.9 Å². The normalized spacial score (nSPS) is 12.8. The number of hydrogen-bond donors (Lipinski definition) is 3. The molecule has 4 aromatic carbocycles. The summed E-state index contributed by atoms with van der Waals surface area (Å²) in [7, 11) is 1.63. The Morgan fingerprint density at radius 1 is 1.00 bits per heavy atom. The highest BCUT2D eigenvalue weighted by atomic mass is 19.1. The number of H-pyrrole nitrogens is 1. The molecule has 232 valence electrons. The summed E-state index contributed by atoms with van der Waals surface area (Å²) in [5.41, 5.74) is 7.49. The molecule has 1 atom stereocenters. The third-order valence-electron chi connectivity index (χ3n) is 8.64. The molecule has 0 bridgehead atoms. The van der Waals surface area contributed by atoms with Gasteiger partial charge in [-0.1, -0.05) is 60.7 Å². The van der Waals surface area contributed by atoms with Crippen LogP contribution in [0.3, 0.4) is 0 Å². The number of amides is 1. The van der Waals surface area contributed by atoms with Crippen LogP contribution in [-0.2, 0) is 26.0 Å². The fourth-order valence-corrected chi connectivity index (χ4v) is 6.40. The van der Waals surface area contributed by atoms with Crippen molar-refractivity contribution in [1.82, 2.24) is 14.9 Å². The lowest BCUT2D eigenvalue weighted by Gasteiger charge is -2.24. The summed E-state index contributed by atoms with van der Waals surface area (Å²) < 4.78 is 28.6. The highest BCUT2D eigenvalue weighted by Gasteiger charge is 2.29. The third-order valence-corrected chi connectivity index (χ3v) is 8.64. The van der Waals surface area contributed by atoms with E-state index in [4.69, 9.17) is 9.47 Å². The molecule has 46 heavy (non-hydrogen) atoms. The summed E-state index contributed by atoms with van der Waals surface area (Å²) in [6, 6.07) is 29.5. The first kappa shape index (κ1) is 29.4. The van der Waals surface area contributed by atoms with Crippen molar-refractivity contribution in [1.29, 1.82) is 0 Å². The number of carbonyl (C=O) groups is 1. The number of aromatic nitrogens is 2. The summed E-state index contributed by atoms with van der Waals surface area (Å²) in [6.07, 6.45) is 3.05. The number of fused-ring (bicyclic) bond motifs is 4. The summed E-state index contributed by atoms with van der Waals surface area (Å²) in [5, 5.41) is 14.4. The largest absolute Gasteiger partial charge is 0.493 e. The van der Waals surface area contributed by atoms with E-state index in [-0.39, 0.29) is 18.3 Å². The molecule has 1 amide bonds. The molecule has 0 spiro atoms. The Bertz CT molecular complexity index is 2030. The maximum atomic E-state index is 14.6. The van der Waals surface area contributed by atoms with Gasteiger partial charge < -0.3 is 29.4 Å². The molecular weight excluding hydrogens is 581 g/mol. The van der Waals surface area contributed by atoms with Gasteiger partial charge in [0.15, 0.2) is 11.5 Å². The fraction of sp³-hybridized carbons (Fsp3) is 0.184. The molecule has 7 nitrogen and oxygen atoms in total. The van der Waals surface area contributed by atoms with E-state index in [2.05, 4.69) is 14.9 Å². The van der Waals surface area contributed by atoms with Crippen molar-refractivity contribution in [2.24, 2.45) is 0 Å². The van der Waals surface area contributed by atoms with Crippen molar-refractivity contribution in [2.75, 3.05) is 13.7 Å². The fourth-order valence-electron chi connectivity index (χ4n) is 6.40. The number of nitrogens with one attached hydrogen (secondary N) is 2. The molecule has 0 saturated heterocycles. The monoisotopic (exact) mass is 615 g/mol. The standard InChI is InChI=1S/C38H34FN3O4/c1-45-35-18-25-14-15-42-34(31(25)20-36(35)46-23-24-8-3-2-4-9-24)19-32(37(42)26-10-7-11-28(39)16-26)38(44)41-29(22-43)17-27-21-40-33-13-6-5-12-30(27)33/h2-13,16,18-21,29,40,43H,14-15,17,22-23H2,1H3,(H,41,44). The van der Waals surface area contributed by atoms with Crippen molar-refractivity contribution >= 4 is 16.8 Å². The van der Waals surface area contributed by atoms with Crippen LogP contribution in [0.5, 0.6) is 11.5 Å². The topological polar surface area (TPSA) is 88.5 Å². The molecule has 0 saturated carbocycles. The first-order valence-corrected chi connectivity index (χ1v) is 15.4. The summed E-state index contributed by atoms with van der Waals surface area (Å²) in [4.78, 5) is 17.3. The van der Waals surface area contributed by atoms with E-state index < -0.39 is 6.04 Å². The molecule has 2 aromatic heterocycles. The number of nitrogens with zero attached hydrogens (tertiary/aromatic N) is 1. The summed E-state index contributed by atoms with van der Waals surface area (Å²) in [6.45, 7) is 0.727. The lowest BCUT2D eigenvalue weighted by molar-refractivity contribution is 0.0917. The summed E-state index contributed by atoms with van der Waals surface area (Å²) >= 11 is 0. The Kier molecular flexibility index (Phi) is 8.03. The molecule has 8 heteroatoms. The molecule has 6 aromatic rings. The lowest BCUT2D eigenvalue weighted by atomic mass is 9.97. The zero-order valence-electron chi connectivity index (χ0n) is 25.4. The molecule has 1 aliphatic heterocycles. The highest BCUT2D eigenvalue weighted by Crippen LogP contribution is 2.43. The Balaban J connectivity index is 1.26. The smallest absolute Gasteiger partial charge is 0.253 e. The van der Waals surface area contributed by atoms with Gasteiger partial charge in [-0.2, -0.15) is 0 Å². The van der Waals surface area contributed by atoms with Crippen LogP contribution in [0.2, 0.25) is 0 Å². The molecule has 7 rings (SSSR count). The van der Waals surface area contributed by atoms with Gasteiger partial charge >= 0.3 is 0 Å². The Labute approximate surface area is 266 Å². The Hall–Kier alpha value is -5.34. The number of para-hydroxylation sites is 1. The van der Waals surface area contributed by atoms with E-state index in [0.717, 1.165) is 38.9 Å². The second-order valence-corrected chi connectivity index (χ2v) is 11.6. The first-order valence-electron chi connectivity index (χ1n) is 15.4. The van der Waals surface area contributed by atoms with E-state index in [1.54, 1.807) is 13.2 Å². The van der Waals surface area contributed by atoms with E-state index >= 15 is 0 Å². The summed E-state index contributed by atoms with van der Waals surface area (Å²) in [5.74, 6) is 0.512. The van der Waals surface area contributed by atoms with Gasteiger partial charge in [0.2, 0.25) is 0 Å². The lowest BCUT2D eigenvalue weighted by Crippen LogP contribution is -2.39. The van der Waals surface area contributed by atoms with Crippen molar-refractivity contribution in [3.63, 3.8) is 0 Å². The quantitative estimate of drug-likeness (QED) is 0.156. The number of aromatic amines is 1. The maximum Gasteiger partial charge on any atom is 0.253 e. The van der Waals surface area contributed by atoms with Crippen LogP contribution in [0.4, 0.5) is 4.39 Å². The second kappa shape index (κ2) is 12.6. The number of rotatable bonds is 10. The minimum atomic E-state index is -0.529. The molecule has 3 heterocycles. The molecule has 1 aliphatic rings. The molecule has 1 unspecified atom stereocenters. The first-order chi connectivity index (χ1) is 22.5. The molecular formula is C38H34FN3O4. The number of aliphatic hydroxyl groups excluding tert-OH is 1. The number of carbonyl (C=O) groups excluding carboxylic acids is 1. The molecule has 0 aliphatic carbocycles. The van der Waals surface area contributed by atoms with Crippen LogP contribution in [0.1, 0.15) is 27.0 Å². The SMILES string of the molecule is COc1cc2c(cc1OCc1ccccc1)-c1cc(C(=O)NC(CO)Cc3c[nH]c4ccccc34)c(-c3cccc(F)c3)n1CC2. The van der Waals surface area contributed by atoms with Gasteiger partial charge in [0.1, 0.15) is 12.4 Å². The van der Waals surface area contributed by atoms with E-state index in [1.165, 1.54) is 12.1 Å². The number of aliphatic hydroxyl groups is 1. The van der Waals surface area contributed by atoms with Gasteiger partial charge in [-0.25, -0.2) is 4.39 Å². The minimum absolute atomic E-state index is 0.237. The maximum absolute atomic E-state index is 14.6. The minimum Gasteiger partial charge on any atom is -0.493 e. The zero-order chi connectivity index (χ0) is 31.6. The average molecular weight is 616 g/mol. The van der Waals surface area contributed by atoms with Gasteiger partial charge in [0.05, 0.1) is 31.0 Å². The Morgan fingerprint density at radius 2 is 1.83 bits per heavy atom. The van der Waals surface area contributed by atoms with Crippen LogP contribution >= 0.6 is 0 Å². The van der Waals surface area contributed by atoms with Gasteiger partial charge in [0, 0.05) is 40.5 Å². The predicted octanol–water partition coefficient (Wildman–Crippen LogP) is 6.92. The van der Waals surface area contributed by atoms with Crippen LogP contribution in [-0.4, -0.2) is 40.3 Å². The number of halogens is 1. The van der Waals surface area contributed by atoms with Crippen molar-refractivity contribution in [3.05, 3.63) is 131 Å². The van der Waals surface area contributed by atoms with Gasteiger partial charge in [0.25, 0.3) is 5.91 Å². The number of benzene rings is 4. The van der Waals surface area contributed by atoms with E-state index in [9.17, 15) is 14.3 Å². The number of hydrogen-bond acceptors (Lipinski definition) is 4. The number of methoxy groups -OCH3 is 1. The van der Waals surface area contributed by atoms with Crippen molar-refractivity contribution in [3.8, 4) is 34.0 Å². The van der Waals surface area contributed by atoms with Crippen LogP contribution in [0.25, 0.3) is 33.4 Å². The van der Waals surface area contributed by atoms with Crippen molar-refractivity contribution < 1.29 is 23.8 Å². The molecule has 3 N–H and O–H groups in total. The molecule has 0 radical (unpaired) electrons. The third kappa shape index (κ3) is 5.63. The van der Waals surface area contributed by atoms with E-state index in [0.29, 0.717) is 54.3 Å². The van der Waals surface area contributed by atoms with E-state index in [1.807, 2.05) is 85.1 Å².